The molecule has 1 N–H and O–H groups in total. The zero-order valence-electron chi connectivity index (χ0n) is 14.9. The van der Waals surface area contributed by atoms with E-state index in [0.29, 0.717) is 5.91 Å². The van der Waals surface area contributed by atoms with Crippen LogP contribution in [0.1, 0.15) is 18.7 Å². The highest BCUT2D eigenvalue weighted by atomic mass is 16.2. The number of carbonyl (C=O) groups excluding carboxylic acids is 1. The van der Waals surface area contributed by atoms with Gasteiger partial charge in [-0.15, -0.1) is 0 Å². The highest BCUT2D eigenvalue weighted by Gasteiger charge is 2.30. The topological polar surface area (TPSA) is 53.4 Å². The van der Waals surface area contributed by atoms with Crippen LogP contribution in [0.25, 0.3) is 11.0 Å². The van der Waals surface area contributed by atoms with E-state index in [9.17, 15) is 4.79 Å². The van der Waals surface area contributed by atoms with Crippen molar-refractivity contribution in [2.45, 2.75) is 19.4 Å². The fraction of sp³-hybridized carbons (Fsp3) is 0.579. The van der Waals surface area contributed by atoms with Gasteiger partial charge in [0.1, 0.15) is 5.82 Å². The number of para-hydroxylation sites is 2. The van der Waals surface area contributed by atoms with Crippen LogP contribution in [0.5, 0.6) is 0 Å². The summed E-state index contributed by atoms with van der Waals surface area (Å²) in [5.74, 6) is 1.56. The Morgan fingerprint density at radius 3 is 2.84 bits per heavy atom. The number of carbonyl (C=O) groups is 1. The summed E-state index contributed by atoms with van der Waals surface area (Å²) in [5.41, 5.74) is 2.22. The monoisotopic (exact) mass is 341 g/mol. The van der Waals surface area contributed by atoms with Gasteiger partial charge in [0.05, 0.1) is 23.5 Å². The number of nitrogens with one attached hydrogen (secondary N) is 1. The third kappa shape index (κ3) is 3.41. The maximum Gasteiger partial charge on any atom is 0.227 e. The largest absolute Gasteiger partial charge is 0.340 e. The van der Waals surface area contributed by atoms with Crippen molar-refractivity contribution in [3.63, 3.8) is 0 Å². The molecule has 2 aromatic rings. The van der Waals surface area contributed by atoms with Crippen LogP contribution in [-0.2, 0) is 18.4 Å². The third-order valence-corrected chi connectivity index (χ3v) is 5.53. The first-order valence-electron chi connectivity index (χ1n) is 9.34. The van der Waals surface area contributed by atoms with Gasteiger partial charge in [0.15, 0.2) is 0 Å². The van der Waals surface area contributed by atoms with E-state index in [-0.39, 0.29) is 5.92 Å². The van der Waals surface area contributed by atoms with Crippen molar-refractivity contribution in [2.75, 3.05) is 39.3 Å². The van der Waals surface area contributed by atoms with E-state index in [0.717, 1.165) is 70.0 Å². The van der Waals surface area contributed by atoms with E-state index < -0.39 is 0 Å². The van der Waals surface area contributed by atoms with E-state index >= 15 is 0 Å². The Morgan fingerprint density at radius 1 is 1.24 bits per heavy atom. The molecule has 2 aliphatic rings. The molecule has 2 fully saturated rings. The molecule has 1 amide bonds. The lowest BCUT2D eigenvalue weighted by Gasteiger charge is -2.36. The van der Waals surface area contributed by atoms with Crippen LogP contribution >= 0.6 is 0 Å². The minimum absolute atomic E-state index is 0.140. The third-order valence-electron chi connectivity index (χ3n) is 5.53. The maximum absolute atomic E-state index is 12.8. The summed E-state index contributed by atoms with van der Waals surface area (Å²) in [5, 5.41) is 3.32. The van der Waals surface area contributed by atoms with Crippen molar-refractivity contribution in [3.05, 3.63) is 30.1 Å². The predicted molar refractivity (Wildman–Crippen MR) is 98.2 cm³/mol. The van der Waals surface area contributed by atoms with Crippen LogP contribution in [-0.4, -0.2) is 64.5 Å². The molecule has 1 atom stereocenters. The molecule has 0 aliphatic carbocycles. The Bertz CT molecular complexity index is 749. The molecule has 2 aliphatic heterocycles. The number of likely N-dealkylation sites (tertiary alicyclic amines) is 1. The number of piperazine rings is 1. The smallest absolute Gasteiger partial charge is 0.227 e. The zero-order valence-corrected chi connectivity index (χ0v) is 14.9. The number of hydrogen-bond donors (Lipinski definition) is 1. The Labute approximate surface area is 148 Å². The molecular formula is C19H27N5O. The zero-order chi connectivity index (χ0) is 17.2. The van der Waals surface area contributed by atoms with Crippen LogP contribution in [0.4, 0.5) is 0 Å². The lowest BCUT2D eigenvalue weighted by atomic mass is 9.96. The Morgan fingerprint density at radius 2 is 2.04 bits per heavy atom. The molecule has 6 heteroatoms. The van der Waals surface area contributed by atoms with Crippen molar-refractivity contribution in [1.29, 1.82) is 0 Å². The van der Waals surface area contributed by atoms with Crippen LogP contribution in [0.2, 0.25) is 0 Å². The number of aryl methyl sites for hydroxylation is 1. The number of amides is 1. The quantitative estimate of drug-likeness (QED) is 0.912. The molecule has 1 aromatic heterocycles. The minimum Gasteiger partial charge on any atom is -0.340 e. The van der Waals surface area contributed by atoms with Gasteiger partial charge in [-0.1, -0.05) is 12.1 Å². The molecular weight excluding hydrogens is 314 g/mol. The molecule has 2 saturated heterocycles. The summed E-state index contributed by atoms with van der Waals surface area (Å²) in [7, 11) is 2.08. The Hall–Kier alpha value is -1.92. The van der Waals surface area contributed by atoms with Gasteiger partial charge >= 0.3 is 0 Å². The molecule has 0 radical (unpaired) electrons. The van der Waals surface area contributed by atoms with Crippen LogP contribution < -0.4 is 5.32 Å². The lowest BCUT2D eigenvalue weighted by molar-refractivity contribution is -0.138. The number of aromatic nitrogens is 2. The normalized spacial score (nSPS) is 22.4. The summed E-state index contributed by atoms with van der Waals surface area (Å²) in [6.45, 7) is 6.25. The van der Waals surface area contributed by atoms with Crippen molar-refractivity contribution < 1.29 is 4.79 Å². The van der Waals surface area contributed by atoms with Crippen LogP contribution in [0.15, 0.2) is 24.3 Å². The molecule has 0 unspecified atom stereocenters. The van der Waals surface area contributed by atoms with E-state index in [1.807, 2.05) is 11.0 Å². The predicted octanol–water partition coefficient (Wildman–Crippen LogP) is 1.22. The standard InChI is InChI=1S/C19H27N5O/c1-22-17-7-3-2-6-16(17)21-18(22)14-23-10-4-5-15(13-23)19(25)24-11-8-20-9-12-24/h2-3,6-7,15,20H,4-5,8-14H2,1H3/t15-/m0/s1. The van der Waals surface area contributed by atoms with Crippen molar-refractivity contribution >= 4 is 16.9 Å². The van der Waals surface area contributed by atoms with E-state index in [2.05, 4.69) is 40.0 Å². The van der Waals surface area contributed by atoms with Crippen molar-refractivity contribution in [1.82, 2.24) is 24.7 Å². The van der Waals surface area contributed by atoms with Gasteiger partial charge in [-0.05, 0) is 31.5 Å². The first kappa shape index (κ1) is 16.5. The van der Waals surface area contributed by atoms with Gasteiger partial charge in [0.2, 0.25) is 5.91 Å². The number of nitrogens with zero attached hydrogens (tertiary/aromatic N) is 4. The van der Waals surface area contributed by atoms with Gasteiger partial charge in [0, 0.05) is 39.8 Å². The molecule has 3 heterocycles. The molecule has 0 bridgehead atoms. The van der Waals surface area contributed by atoms with Gasteiger partial charge in [-0.2, -0.15) is 0 Å². The summed E-state index contributed by atoms with van der Waals surface area (Å²) >= 11 is 0. The molecule has 0 spiro atoms. The van der Waals surface area contributed by atoms with Gasteiger partial charge in [0.25, 0.3) is 0 Å². The summed E-state index contributed by atoms with van der Waals surface area (Å²) in [4.78, 5) is 22.0. The minimum atomic E-state index is 0.140. The average Bonchev–Trinajstić information content (AvgIpc) is 2.98. The van der Waals surface area contributed by atoms with Crippen LogP contribution in [0.3, 0.4) is 0 Å². The summed E-state index contributed by atoms with van der Waals surface area (Å²) < 4.78 is 2.18. The second-order valence-electron chi connectivity index (χ2n) is 7.23. The van der Waals surface area contributed by atoms with Gasteiger partial charge in [-0.3, -0.25) is 9.69 Å². The SMILES string of the molecule is Cn1c(CN2CCC[C@H](C(=O)N3CCNCC3)C2)nc2ccccc21. The number of hydrogen-bond acceptors (Lipinski definition) is 4. The van der Waals surface area contributed by atoms with Crippen molar-refractivity contribution in [2.24, 2.45) is 13.0 Å². The molecule has 0 saturated carbocycles. The fourth-order valence-electron chi connectivity index (χ4n) is 4.08. The second kappa shape index (κ2) is 7.14. The summed E-state index contributed by atoms with van der Waals surface area (Å²) in [6, 6.07) is 8.25. The molecule has 4 rings (SSSR count). The number of piperidine rings is 1. The molecule has 134 valence electrons. The maximum atomic E-state index is 12.8. The van der Waals surface area contributed by atoms with Gasteiger partial charge < -0.3 is 14.8 Å². The number of imidazole rings is 1. The second-order valence-corrected chi connectivity index (χ2v) is 7.23. The number of rotatable bonds is 3. The first-order chi connectivity index (χ1) is 12.2. The number of benzene rings is 1. The molecule has 25 heavy (non-hydrogen) atoms. The van der Waals surface area contributed by atoms with E-state index in [4.69, 9.17) is 4.98 Å². The highest BCUT2D eigenvalue weighted by Crippen LogP contribution is 2.22. The van der Waals surface area contributed by atoms with Gasteiger partial charge in [-0.25, -0.2) is 4.98 Å². The lowest BCUT2D eigenvalue weighted by Crippen LogP contribution is -2.51. The first-order valence-corrected chi connectivity index (χ1v) is 9.34. The van der Waals surface area contributed by atoms with E-state index in [1.165, 1.54) is 5.52 Å². The fourth-order valence-corrected chi connectivity index (χ4v) is 4.08. The summed E-state index contributed by atoms with van der Waals surface area (Å²) in [6.07, 6.45) is 2.11. The van der Waals surface area contributed by atoms with E-state index in [1.54, 1.807) is 0 Å². The number of fused-ring (bicyclic) bond motifs is 1. The highest BCUT2D eigenvalue weighted by molar-refractivity contribution is 5.79. The Kier molecular flexibility index (Phi) is 4.72. The Balaban J connectivity index is 1.43. The van der Waals surface area contributed by atoms with Crippen LogP contribution in [0, 0.1) is 5.92 Å². The molecule has 6 nitrogen and oxygen atoms in total. The van der Waals surface area contributed by atoms with Crippen molar-refractivity contribution in [3.8, 4) is 0 Å². The molecule has 1 aromatic carbocycles. The average molecular weight is 341 g/mol.